The van der Waals surface area contributed by atoms with E-state index >= 15 is 0 Å². The quantitative estimate of drug-likeness (QED) is 0.499. The summed E-state index contributed by atoms with van der Waals surface area (Å²) in [5, 5.41) is 0.638. The van der Waals surface area contributed by atoms with Gasteiger partial charge in [-0.05, 0) is 23.7 Å². The van der Waals surface area contributed by atoms with Gasteiger partial charge >= 0.3 is 0 Å². The Labute approximate surface area is 108 Å². The maximum Gasteiger partial charge on any atom is 0.224 e. The van der Waals surface area contributed by atoms with Crippen molar-refractivity contribution in [1.82, 2.24) is 9.97 Å². The van der Waals surface area contributed by atoms with Gasteiger partial charge in [-0.1, -0.05) is 23.2 Å². The summed E-state index contributed by atoms with van der Waals surface area (Å²) in [4.78, 5) is 7.75. The van der Waals surface area contributed by atoms with E-state index in [-0.39, 0.29) is 20.4 Å². The molecule has 2 rings (SSSR count). The fourth-order valence-corrected chi connectivity index (χ4v) is 2.40. The molecule has 0 spiro atoms. The fourth-order valence-electron chi connectivity index (χ4n) is 1.20. The van der Waals surface area contributed by atoms with Gasteiger partial charge in [0.05, 0.1) is 15.4 Å². The van der Waals surface area contributed by atoms with Crippen LogP contribution in [0.5, 0.6) is 0 Å². The predicted octanol–water partition coefficient (Wildman–Crippen LogP) is 3.17. The van der Waals surface area contributed by atoms with Gasteiger partial charge in [0, 0.05) is 5.39 Å². The van der Waals surface area contributed by atoms with Gasteiger partial charge in [0.2, 0.25) is 5.28 Å². The van der Waals surface area contributed by atoms with Crippen LogP contribution in [0.3, 0.4) is 0 Å². The molecule has 1 unspecified atom stereocenters. The SMILES string of the molecule is O=S(O)c1cc(Cl)c2nc(Cl)nc(Cl)c2c1. The van der Waals surface area contributed by atoms with Crippen molar-refractivity contribution in [3.05, 3.63) is 27.6 Å². The molecule has 16 heavy (non-hydrogen) atoms. The zero-order chi connectivity index (χ0) is 11.9. The lowest BCUT2D eigenvalue weighted by Gasteiger charge is -2.04. The zero-order valence-corrected chi connectivity index (χ0v) is 10.5. The first-order valence-corrected chi connectivity index (χ1v) is 6.16. The minimum atomic E-state index is -2.14. The monoisotopic (exact) mass is 296 g/mol. The van der Waals surface area contributed by atoms with Crippen molar-refractivity contribution >= 4 is 56.8 Å². The molecule has 1 aromatic heterocycles. The number of hydrogen-bond acceptors (Lipinski definition) is 3. The molecular weight excluding hydrogens is 295 g/mol. The van der Waals surface area contributed by atoms with Crippen LogP contribution in [0.4, 0.5) is 0 Å². The van der Waals surface area contributed by atoms with Crippen LogP contribution in [0.15, 0.2) is 17.0 Å². The zero-order valence-electron chi connectivity index (χ0n) is 7.45. The van der Waals surface area contributed by atoms with E-state index in [1.165, 1.54) is 12.1 Å². The first kappa shape index (κ1) is 12.0. The smallest absolute Gasteiger partial charge is 0.224 e. The summed E-state index contributed by atoms with van der Waals surface area (Å²) in [7, 11) is 0. The number of nitrogens with zero attached hydrogens (tertiary/aromatic N) is 2. The maximum absolute atomic E-state index is 10.9. The van der Waals surface area contributed by atoms with E-state index in [1.807, 2.05) is 0 Å². The molecule has 0 aliphatic rings. The lowest BCUT2D eigenvalue weighted by Crippen LogP contribution is -1.93. The van der Waals surface area contributed by atoms with Crippen molar-refractivity contribution in [2.45, 2.75) is 4.90 Å². The maximum atomic E-state index is 10.9. The van der Waals surface area contributed by atoms with Crippen molar-refractivity contribution in [1.29, 1.82) is 0 Å². The molecule has 0 aliphatic carbocycles. The molecule has 4 nitrogen and oxygen atoms in total. The number of rotatable bonds is 1. The van der Waals surface area contributed by atoms with Crippen molar-refractivity contribution in [2.24, 2.45) is 0 Å². The van der Waals surface area contributed by atoms with Crippen LogP contribution in [0.2, 0.25) is 15.5 Å². The van der Waals surface area contributed by atoms with E-state index in [9.17, 15) is 4.21 Å². The van der Waals surface area contributed by atoms with Crippen molar-refractivity contribution in [2.75, 3.05) is 0 Å². The molecule has 1 heterocycles. The van der Waals surface area contributed by atoms with Gasteiger partial charge < -0.3 is 4.55 Å². The Bertz CT molecular complexity index is 605. The van der Waals surface area contributed by atoms with E-state index in [2.05, 4.69) is 9.97 Å². The molecule has 0 radical (unpaired) electrons. The summed E-state index contributed by atoms with van der Waals surface area (Å²) >= 11 is 15.2. The van der Waals surface area contributed by atoms with Crippen molar-refractivity contribution in [3.8, 4) is 0 Å². The Morgan fingerprint density at radius 3 is 2.50 bits per heavy atom. The highest BCUT2D eigenvalue weighted by atomic mass is 35.5. The summed E-state index contributed by atoms with van der Waals surface area (Å²) in [6, 6.07) is 2.73. The Morgan fingerprint density at radius 2 is 1.88 bits per heavy atom. The van der Waals surface area contributed by atoms with Crippen LogP contribution in [-0.2, 0) is 11.1 Å². The molecule has 84 valence electrons. The molecule has 0 saturated carbocycles. The Morgan fingerprint density at radius 1 is 1.19 bits per heavy atom. The minimum Gasteiger partial charge on any atom is -0.302 e. The third-order valence-electron chi connectivity index (χ3n) is 1.86. The van der Waals surface area contributed by atoms with E-state index in [0.717, 1.165) is 0 Å². The topological polar surface area (TPSA) is 63.1 Å². The number of benzene rings is 1. The summed E-state index contributed by atoms with van der Waals surface area (Å²) in [6.45, 7) is 0. The van der Waals surface area contributed by atoms with Crippen LogP contribution in [0.1, 0.15) is 0 Å². The van der Waals surface area contributed by atoms with Gasteiger partial charge in [0.25, 0.3) is 0 Å². The molecule has 1 aromatic carbocycles. The highest BCUT2D eigenvalue weighted by Gasteiger charge is 2.12. The van der Waals surface area contributed by atoms with Gasteiger partial charge in [-0.25, -0.2) is 14.2 Å². The first-order valence-electron chi connectivity index (χ1n) is 3.92. The summed E-state index contributed by atoms with van der Waals surface area (Å²) < 4.78 is 19.9. The number of aromatic nitrogens is 2. The average molecular weight is 298 g/mol. The third-order valence-corrected chi connectivity index (χ3v) is 3.24. The van der Waals surface area contributed by atoms with Crippen LogP contribution in [-0.4, -0.2) is 18.7 Å². The number of fused-ring (bicyclic) bond motifs is 1. The van der Waals surface area contributed by atoms with Gasteiger partial charge in [0.1, 0.15) is 5.15 Å². The van der Waals surface area contributed by atoms with Crippen LogP contribution in [0, 0.1) is 0 Å². The lowest BCUT2D eigenvalue weighted by atomic mass is 10.2. The first-order chi connectivity index (χ1) is 7.49. The number of halogens is 3. The van der Waals surface area contributed by atoms with Crippen molar-refractivity contribution in [3.63, 3.8) is 0 Å². The normalized spacial score (nSPS) is 13.0. The van der Waals surface area contributed by atoms with Crippen LogP contribution < -0.4 is 0 Å². The van der Waals surface area contributed by atoms with E-state index in [4.69, 9.17) is 39.4 Å². The van der Waals surface area contributed by atoms with Gasteiger partial charge in [-0.15, -0.1) is 0 Å². The van der Waals surface area contributed by atoms with Gasteiger partial charge in [-0.2, -0.15) is 0 Å². The molecular formula is C8H3Cl3N2O2S. The summed E-state index contributed by atoms with van der Waals surface area (Å²) in [6.07, 6.45) is 0. The Hall–Kier alpha value is -0.460. The largest absolute Gasteiger partial charge is 0.302 e. The molecule has 0 fully saturated rings. The molecule has 0 amide bonds. The fraction of sp³-hybridized carbons (Fsp3) is 0. The second kappa shape index (κ2) is 4.43. The summed E-state index contributed by atoms with van der Waals surface area (Å²) in [5.41, 5.74) is 0.348. The summed E-state index contributed by atoms with van der Waals surface area (Å²) in [5.74, 6) is 0. The highest BCUT2D eigenvalue weighted by molar-refractivity contribution is 7.79. The second-order valence-electron chi connectivity index (χ2n) is 2.83. The molecule has 0 bridgehead atoms. The molecule has 2 aromatic rings. The average Bonchev–Trinajstić information content (AvgIpc) is 2.19. The van der Waals surface area contributed by atoms with Crippen molar-refractivity contribution < 1.29 is 8.76 Å². The molecule has 1 atom stereocenters. The van der Waals surface area contributed by atoms with E-state index in [1.54, 1.807) is 0 Å². The van der Waals surface area contributed by atoms with E-state index in [0.29, 0.717) is 10.9 Å². The highest BCUT2D eigenvalue weighted by Crippen LogP contribution is 2.30. The minimum absolute atomic E-state index is 0.0303. The lowest BCUT2D eigenvalue weighted by molar-refractivity contribution is 0.564. The van der Waals surface area contributed by atoms with Crippen LogP contribution in [0.25, 0.3) is 10.9 Å². The molecule has 0 aliphatic heterocycles. The molecule has 0 saturated heterocycles. The standard InChI is InChI=1S/C8H3Cl3N2O2S/c9-5-2-3(16(14)15)1-4-6(5)12-8(11)13-7(4)10/h1-2H,(H,14,15). The van der Waals surface area contributed by atoms with Gasteiger partial charge in [0.15, 0.2) is 11.1 Å². The van der Waals surface area contributed by atoms with Crippen LogP contribution >= 0.6 is 34.8 Å². The Balaban J connectivity index is 2.87. The molecule has 8 heteroatoms. The number of hydrogen-bond donors (Lipinski definition) is 1. The predicted molar refractivity (Wildman–Crippen MR) is 63.6 cm³/mol. The third kappa shape index (κ3) is 2.14. The second-order valence-corrected chi connectivity index (χ2v) is 4.91. The van der Waals surface area contributed by atoms with E-state index < -0.39 is 11.1 Å². The molecule has 1 N–H and O–H groups in total. The van der Waals surface area contributed by atoms with Gasteiger partial charge in [-0.3, -0.25) is 0 Å². The Kier molecular flexibility index (Phi) is 3.32.